The molecule has 4 rings (SSSR count). The summed E-state index contributed by atoms with van der Waals surface area (Å²) in [7, 11) is 0. The summed E-state index contributed by atoms with van der Waals surface area (Å²) in [5.74, 6) is 0.0701. The molecule has 0 aliphatic carbocycles. The molecule has 2 saturated heterocycles. The third-order valence-corrected chi connectivity index (χ3v) is 5.41. The van der Waals surface area contributed by atoms with E-state index in [0.717, 1.165) is 36.7 Å². The number of hydrogen-bond acceptors (Lipinski definition) is 4. The van der Waals surface area contributed by atoms with E-state index in [1.807, 2.05) is 33.7 Å². The quantitative estimate of drug-likeness (QED) is 0.869. The van der Waals surface area contributed by atoms with Gasteiger partial charge in [0.15, 0.2) is 0 Å². The van der Waals surface area contributed by atoms with Crippen LogP contribution in [-0.4, -0.2) is 52.2 Å². The number of nitrogens with two attached hydrogens (primary N) is 1. The standard InChI is InChI=1S/C18H24N4O3/c19-11-13-5-6-16(25-13)17(23)21-9-7-12(8-10-21)22-15-4-2-1-3-14(15)20-18(22)24/h1-4,12-13,16H,5-11,19H2,(H,20,24). The van der Waals surface area contributed by atoms with Crippen molar-refractivity contribution < 1.29 is 9.53 Å². The minimum atomic E-state index is -0.346. The molecule has 0 bridgehead atoms. The Morgan fingerprint density at radius 3 is 2.68 bits per heavy atom. The molecule has 2 aliphatic heterocycles. The van der Waals surface area contributed by atoms with Crippen molar-refractivity contribution >= 4 is 16.9 Å². The Kier molecular flexibility index (Phi) is 4.35. The zero-order chi connectivity index (χ0) is 17.4. The lowest BCUT2D eigenvalue weighted by atomic mass is 10.0. The number of fused-ring (bicyclic) bond motifs is 1. The summed E-state index contributed by atoms with van der Waals surface area (Å²) >= 11 is 0. The number of piperidine rings is 1. The number of imidazole rings is 1. The van der Waals surface area contributed by atoms with Gasteiger partial charge in [-0.2, -0.15) is 0 Å². The molecule has 2 aromatic rings. The van der Waals surface area contributed by atoms with Crippen molar-refractivity contribution in [3.05, 3.63) is 34.7 Å². The molecule has 3 N–H and O–H groups in total. The normalized spacial score (nSPS) is 24.9. The van der Waals surface area contributed by atoms with Gasteiger partial charge in [0, 0.05) is 25.7 Å². The lowest BCUT2D eigenvalue weighted by Crippen LogP contribution is -2.45. The fourth-order valence-corrected chi connectivity index (χ4v) is 4.05. The molecule has 2 unspecified atom stereocenters. The van der Waals surface area contributed by atoms with E-state index < -0.39 is 0 Å². The van der Waals surface area contributed by atoms with Crippen LogP contribution in [-0.2, 0) is 9.53 Å². The summed E-state index contributed by atoms with van der Waals surface area (Å²) < 4.78 is 7.57. The Morgan fingerprint density at radius 1 is 1.20 bits per heavy atom. The number of carbonyl (C=O) groups is 1. The summed E-state index contributed by atoms with van der Waals surface area (Å²) in [6.45, 7) is 1.78. The van der Waals surface area contributed by atoms with Crippen LogP contribution in [0.1, 0.15) is 31.7 Å². The van der Waals surface area contributed by atoms with Crippen LogP contribution in [0.2, 0.25) is 0 Å². The highest BCUT2D eigenvalue weighted by Crippen LogP contribution is 2.27. The highest BCUT2D eigenvalue weighted by Gasteiger charge is 2.35. The number of nitrogens with one attached hydrogen (secondary N) is 1. The smallest absolute Gasteiger partial charge is 0.326 e. The van der Waals surface area contributed by atoms with Crippen LogP contribution in [0.15, 0.2) is 29.1 Å². The summed E-state index contributed by atoms with van der Waals surface area (Å²) in [6, 6.07) is 7.85. The number of aromatic nitrogens is 2. The summed E-state index contributed by atoms with van der Waals surface area (Å²) in [6.07, 6.45) is 2.83. The maximum absolute atomic E-state index is 12.6. The summed E-state index contributed by atoms with van der Waals surface area (Å²) in [5, 5.41) is 0. The van der Waals surface area contributed by atoms with E-state index >= 15 is 0 Å². The monoisotopic (exact) mass is 344 g/mol. The predicted octanol–water partition coefficient (Wildman–Crippen LogP) is 0.999. The van der Waals surface area contributed by atoms with Crippen LogP contribution in [0, 0.1) is 0 Å². The van der Waals surface area contributed by atoms with Crippen LogP contribution >= 0.6 is 0 Å². The average Bonchev–Trinajstić information content (AvgIpc) is 3.25. The van der Waals surface area contributed by atoms with Crippen molar-refractivity contribution in [2.45, 2.75) is 43.9 Å². The first-order chi connectivity index (χ1) is 12.2. The fourth-order valence-electron chi connectivity index (χ4n) is 4.05. The van der Waals surface area contributed by atoms with Gasteiger partial charge in [0.25, 0.3) is 5.91 Å². The van der Waals surface area contributed by atoms with Crippen LogP contribution in [0.3, 0.4) is 0 Å². The van der Waals surface area contributed by atoms with Gasteiger partial charge in [0.1, 0.15) is 6.10 Å². The van der Waals surface area contributed by atoms with Gasteiger partial charge in [-0.05, 0) is 37.8 Å². The largest absolute Gasteiger partial charge is 0.364 e. The molecule has 7 nitrogen and oxygen atoms in total. The Balaban J connectivity index is 1.44. The number of rotatable bonds is 3. The van der Waals surface area contributed by atoms with E-state index in [9.17, 15) is 9.59 Å². The van der Waals surface area contributed by atoms with E-state index in [0.29, 0.717) is 19.6 Å². The average molecular weight is 344 g/mol. The van der Waals surface area contributed by atoms with Gasteiger partial charge in [-0.15, -0.1) is 0 Å². The van der Waals surface area contributed by atoms with Crippen LogP contribution in [0.5, 0.6) is 0 Å². The second-order valence-corrected chi connectivity index (χ2v) is 6.93. The van der Waals surface area contributed by atoms with Crippen LogP contribution in [0.4, 0.5) is 0 Å². The van der Waals surface area contributed by atoms with Gasteiger partial charge >= 0.3 is 5.69 Å². The molecule has 2 aliphatic rings. The fraction of sp³-hybridized carbons (Fsp3) is 0.556. The number of aromatic amines is 1. The number of nitrogens with zero attached hydrogens (tertiary/aromatic N) is 2. The van der Waals surface area contributed by atoms with Gasteiger partial charge in [0.2, 0.25) is 0 Å². The van der Waals surface area contributed by atoms with Gasteiger partial charge in [0.05, 0.1) is 17.1 Å². The highest BCUT2D eigenvalue weighted by molar-refractivity contribution is 5.81. The molecular weight excluding hydrogens is 320 g/mol. The van der Waals surface area contributed by atoms with E-state index in [1.165, 1.54) is 0 Å². The molecule has 1 aromatic carbocycles. The van der Waals surface area contributed by atoms with E-state index in [4.69, 9.17) is 10.5 Å². The number of ether oxygens (including phenoxy) is 1. The zero-order valence-corrected chi connectivity index (χ0v) is 14.2. The first kappa shape index (κ1) is 16.4. The molecular formula is C18H24N4O3. The van der Waals surface area contributed by atoms with Crippen molar-refractivity contribution in [1.29, 1.82) is 0 Å². The molecule has 2 atom stereocenters. The van der Waals surface area contributed by atoms with Gasteiger partial charge in [-0.3, -0.25) is 9.36 Å². The number of amides is 1. The number of likely N-dealkylation sites (tertiary alicyclic amines) is 1. The first-order valence-corrected chi connectivity index (χ1v) is 9.01. The maximum atomic E-state index is 12.6. The lowest BCUT2D eigenvalue weighted by Gasteiger charge is -2.33. The van der Waals surface area contributed by atoms with Crippen molar-refractivity contribution in [2.75, 3.05) is 19.6 Å². The summed E-state index contributed by atoms with van der Waals surface area (Å²) in [4.78, 5) is 29.7. The van der Waals surface area contributed by atoms with Crippen molar-refractivity contribution in [3.8, 4) is 0 Å². The van der Waals surface area contributed by atoms with E-state index in [-0.39, 0.29) is 29.8 Å². The molecule has 0 spiro atoms. The molecule has 2 fully saturated rings. The van der Waals surface area contributed by atoms with Crippen molar-refractivity contribution in [1.82, 2.24) is 14.5 Å². The molecule has 0 radical (unpaired) electrons. The van der Waals surface area contributed by atoms with E-state index in [1.54, 1.807) is 0 Å². The van der Waals surface area contributed by atoms with Gasteiger partial charge < -0.3 is 20.4 Å². The third-order valence-electron chi connectivity index (χ3n) is 5.41. The maximum Gasteiger partial charge on any atom is 0.326 e. The Labute approximate surface area is 145 Å². The predicted molar refractivity (Wildman–Crippen MR) is 94.4 cm³/mol. The number of hydrogen-bond donors (Lipinski definition) is 2. The van der Waals surface area contributed by atoms with Crippen LogP contribution < -0.4 is 11.4 Å². The molecule has 25 heavy (non-hydrogen) atoms. The minimum absolute atomic E-state index is 0.0105. The van der Waals surface area contributed by atoms with E-state index in [2.05, 4.69) is 4.98 Å². The number of benzene rings is 1. The second-order valence-electron chi connectivity index (χ2n) is 6.93. The molecule has 7 heteroatoms. The van der Waals surface area contributed by atoms with Crippen molar-refractivity contribution in [3.63, 3.8) is 0 Å². The second kappa shape index (κ2) is 6.65. The number of para-hydroxylation sites is 2. The Hall–Kier alpha value is -2.12. The highest BCUT2D eigenvalue weighted by atomic mass is 16.5. The molecule has 1 aromatic heterocycles. The SMILES string of the molecule is NCC1CCC(C(=O)N2CCC(n3c(=O)[nH]c4ccccc43)CC2)O1. The minimum Gasteiger partial charge on any atom is -0.364 e. The zero-order valence-electron chi connectivity index (χ0n) is 14.2. The van der Waals surface area contributed by atoms with Crippen LogP contribution in [0.25, 0.3) is 11.0 Å². The number of H-pyrrole nitrogens is 1. The topological polar surface area (TPSA) is 93.4 Å². The van der Waals surface area contributed by atoms with Gasteiger partial charge in [-0.25, -0.2) is 4.79 Å². The lowest BCUT2D eigenvalue weighted by molar-refractivity contribution is -0.144. The Morgan fingerprint density at radius 2 is 1.96 bits per heavy atom. The Bertz CT molecular complexity index is 819. The third kappa shape index (κ3) is 2.98. The van der Waals surface area contributed by atoms with Gasteiger partial charge in [-0.1, -0.05) is 12.1 Å². The first-order valence-electron chi connectivity index (χ1n) is 9.01. The molecule has 134 valence electrons. The molecule has 1 amide bonds. The summed E-state index contributed by atoms with van der Waals surface area (Å²) in [5.41, 5.74) is 7.34. The molecule has 0 saturated carbocycles. The number of carbonyl (C=O) groups excluding carboxylic acids is 1. The van der Waals surface area contributed by atoms with Crippen molar-refractivity contribution in [2.24, 2.45) is 5.73 Å². The molecule has 3 heterocycles.